The van der Waals surface area contributed by atoms with Crippen molar-refractivity contribution in [3.63, 3.8) is 0 Å². The SMILES string of the molecule is CCC1(CC)O[C@H](c2c(C(=O)OC)[nH]c3ccc(F)cc23)Nc2ccccc21. The van der Waals surface area contributed by atoms with Gasteiger partial charge in [0.05, 0.1) is 12.7 Å². The van der Waals surface area contributed by atoms with Gasteiger partial charge in [0.1, 0.15) is 11.5 Å². The van der Waals surface area contributed by atoms with Crippen molar-refractivity contribution in [2.45, 2.75) is 38.5 Å². The zero-order valence-electron chi connectivity index (χ0n) is 16.1. The Morgan fingerprint density at radius 3 is 2.68 bits per heavy atom. The van der Waals surface area contributed by atoms with E-state index in [2.05, 4.69) is 30.2 Å². The summed E-state index contributed by atoms with van der Waals surface area (Å²) < 4.78 is 25.5. The molecule has 0 unspecified atom stereocenters. The van der Waals surface area contributed by atoms with Crippen LogP contribution in [0, 0.1) is 5.82 Å². The lowest BCUT2D eigenvalue weighted by atomic mass is 9.85. The van der Waals surface area contributed by atoms with Gasteiger partial charge >= 0.3 is 5.97 Å². The highest BCUT2D eigenvalue weighted by Crippen LogP contribution is 2.47. The summed E-state index contributed by atoms with van der Waals surface area (Å²) in [6.07, 6.45) is 0.908. The Morgan fingerprint density at radius 2 is 1.96 bits per heavy atom. The van der Waals surface area contributed by atoms with Gasteiger partial charge in [0.15, 0.2) is 6.23 Å². The van der Waals surface area contributed by atoms with Crippen molar-refractivity contribution in [3.8, 4) is 0 Å². The third kappa shape index (κ3) is 2.76. The number of anilines is 1. The van der Waals surface area contributed by atoms with Gasteiger partial charge in [-0.05, 0) is 37.1 Å². The highest BCUT2D eigenvalue weighted by atomic mass is 19.1. The first-order chi connectivity index (χ1) is 13.5. The van der Waals surface area contributed by atoms with Crippen molar-refractivity contribution in [1.29, 1.82) is 0 Å². The van der Waals surface area contributed by atoms with E-state index >= 15 is 0 Å². The number of benzene rings is 2. The molecule has 4 rings (SSSR count). The van der Waals surface area contributed by atoms with Gasteiger partial charge < -0.3 is 19.8 Å². The van der Waals surface area contributed by atoms with E-state index in [9.17, 15) is 9.18 Å². The predicted molar refractivity (Wildman–Crippen MR) is 106 cm³/mol. The third-order valence-electron chi connectivity index (χ3n) is 5.64. The van der Waals surface area contributed by atoms with E-state index in [1.165, 1.54) is 19.2 Å². The zero-order chi connectivity index (χ0) is 19.9. The molecular weight excluding hydrogens is 359 g/mol. The second kappa shape index (κ2) is 6.95. The van der Waals surface area contributed by atoms with Crippen LogP contribution in [0.5, 0.6) is 0 Å². The van der Waals surface area contributed by atoms with Crippen molar-refractivity contribution < 1.29 is 18.7 Å². The standard InChI is InChI=1S/C22H23FN2O3/c1-4-22(5-2)15-8-6-7-9-17(15)25-20(28-22)18-14-12-13(23)10-11-16(14)24-19(18)21(26)27-3/h6-12,20,24-25H,4-5H2,1-3H3/t20-/m1/s1. The topological polar surface area (TPSA) is 63.4 Å². The highest BCUT2D eigenvalue weighted by molar-refractivity contribution is 5.98. The van der Waals surface area contributed by atoms with Crippen LogP contribution in [0.15, 0.2) is 42.5 Å². The molecule has 0 saturated heterocycles. The second-order valence-corrected chi connectivity index (χ2v) is 6.98. The molecule has 2 N–H and O–H groups in total. The largest absolute Gasteiger partial charge is 0.464 e. The molecule has 3 aromatic rings. The van der Waals surface area contributed by atoms with Crippen LogP contribution in [-0.2, 0) is 15.1 Å². The predicted octanol–water partition coefficient (Wildman–Crippen LogP) is 5.25. The number of methoxy groups -OCH3 is 1. The van der Waals surface area contributed by atoms with E-state index in [1.807, 2.05) is 18.2 Å². The number of esters is 1. The van der Waals surface area contributed by atoms with Crippen LogP contribution in [0.25, 0.3) is 10.9 Å². The van der Waals surface area contributed by atoms with E-state index in [0.29, 0.717) is 16.5 Å². The van der Waals surface area contributed by atoms with Crippen LogP contribution < -0.4 is 5.32 Å². The summed E-state index contributed by atoms with van der Waals surface area (Å²) >= 11 is 0. The first-order valence-corrected chi connectivity index (χ1v) is 9.46. The molecule has 1 aromatic heterocycles. The Balaban J connectivity index is 1.93. The quantitative estimate of drug-likeness (QED) is 0.605. The van der Waals surface area contributed by atoms with Gasteiger partial charge in [-0.3, -0.25) is 0 Å². The first-order valence-electron chi connectivity index (χ1n) is 9.46. The number of halogens is 1. The Hall–Kier alpha value is -2.86. The number of aromatic amines is 1. The fraction of sp³-hybridized carbons (Fsp3) is 0.318. The number of rotatable bonds is 4. The minimum Gasteiger partial charge on any atom is -0.464 e. The maximum atomic E-state index is 14.0. The van der Waals surface area contributed by atoms with Crippen molar-refractivity contribution in [1.82, 2.24) is 4.98 Å². The Morgan fingerprint density at radius 1 is 1.21 bits per heavy atom. The summed E-state index contributed by atoms with van der Waals surface area (Å²) in [5, 5.41) is 3.98. The van der Waals surface area contributed by atoms with E-state index in [-0.39, 0.29) is 11.5 Å². The smallest absolute Gasteiger partial charge is 0.354 e. The van der Waals surface area contributed by atoms with Crippen LogP contribution in [0.4, 0.5) is 10.1 Å². The maximum absolute atomic E-state index is 14.0. The monoisotopic (exact) mass is 382 g/mol. The van der Waals surface area contributed by atoms with Crippen molar-refractivity contribution in [2.75, 3.05) is 12.4 Å². The average molecular weight is 382 g/mol. The van der Waals surface area contributed by atoms with Gasteiger partial charge in [-0.15, -0.1) is 0 Å². The summed E-state index contributed by atoms with van der Waals surface area (Å²) in [4.78, 5) is 15.5. The molecule has 5 nitrogen and oxygen atoms in total. The van der Waals surface area contributed by atoms with Crippen LogP contribution in [0.3, 0.4) is 0 Å². The summed E-state index contributed by atoms with van der Waals surface area (Å²) in [5.41, 5.74) is 3.00. The molecule has 2 heterocycles. The van der Waals surface area contributed by atoms with Gasteiger partial charge in [0.25, 0.3) is 0 Å². The van der Waals surface area contributed by atoms with Crippen molar-refractivity contribution in [3.05, 3.63) is 65.1 Å². The average Bonchev–Trinajstić information content (AvgIpc) is 3.10. The number of nitrogens with one attached hydrogen (secondary N) is 2. The first kappa shape index (κ1) is 18.5. The summed E-state index contributed by atoms with van der Waals surface area (Å²) in [5.74, 6) is -0.896. The van der Waals surface area contributed by atoms with Crippen LogP contribution in [0.1, 0.15) is 54.5 Å². The van der Waals surface area contributed by atoms with Gasteiger partial charge in [0.2, 0.25) is 0 Å². The normalized spacial score (nSPS) is 17.8. The third-order valence-corrected chi connectivity index (χ3v) is 5.64. The molecule has 2 aromatic carbocycles. The number of fused-ring (bicyclic) bond motifs is 2. The molecule has 28 heavy (non-hydrogen) atoms. The van der Waals surface area contributed by atoms with E-state index in [1.54, 1.807) is 6.07 Å². The van der Waals surface area contributed by atoms with E-state index < -0.39 is 17.8 Å². The minimum absolute atomic E-state index is 0.265. The number of H-pyrrole nitrogens is 1. The number of aromatic nitrogens is 1. The van der Waals surface area contributed by atoms with Gasteiger partial charge in [-0.25, -0.2) is 9.18 Å². The molecule has 0 aliphatic carbocycles. The van der Waals surface area contributed by atoms with Crippen molar-refractivity contribution >= 4 is 22.6 Å². The molecule has 0 radical (unpaired) electrons. The fourth-order valence-corrected chi connectivity index (χ4v) is 4.12. The van der Waals surface area contributed by atoms with Crippen LogP contribution in [-0.4, -0.2) is 18.1 Å². The number of carbonyl (C=O) groups excluding carboxylic acids is 1. The molecule has 1 atom stereocenters. The Labute approximate surface area is 162 Å². The van der Waals surface area contributed by atoms with E-state index in [4.69, 9.17) is 9.47 Å². The summed E-state index contributed by atoms with van der Waals surface area (Å²) in [6, 6.07) is 12.4. The molecule has 0 bridgehead atoms. The summed E-state index contributed by atoms with van der Waals surface area (Å²) in [7, 11) is 1.32. The number of hydrogen-bond acceptors (Lipinski definition) is 4. The number of hydrogen-bond donors (Lipinski definition) is 2. The molecule has 1 aliphatic rings. The second-order valence-electron chi connectivity index (χ2n) is 6.98. The lowest BCUT2D eigenvalue weighted by molar-refractivity contribution is -0.103. The lowest BCUT2D eigenvalue weighted by Crippen LogP contribution is -2.38. The van der Waals surface area contributed by atoms with Crippen LogP contribution >= 0.6 is 0 Å². The van der Waals surface area contributed by atoms with E-state index in [0.717, 1.165) is 24.1 Å². The Kier molecular flexibility index (Phi) is 4.59. The molecule has 0 amide bonds. The van der Waals surface area contributed by atoms with Crippen molar-refractivity contribution in [2.24, 2.45) is 0 Å². The molecule has 1 aliphatic heterocycles. The molecule has 146 valence electrons. The van der Waals surface area contributed by atoms with Crippen LogP contribution in [0.2, 0.25) is 0 Å². The Bertz CT molecular complexity index is 1040. The highest BCUT2D eigenvalue weighted by Gasteiger charge is 2.41. The molecular formula is C22H23FN2O3. The molecule has 0 fully saturated rings. The molecule has 0 spiro atoms. The molecule has 0 saturated carbocycles. The fourth-order valence-electron chi connectivity index (χ4n) is 4.12. The number of carbonyl (C=O) groups is 1. The summed E-state index contributed by atoms with van der Waals surface area (Å²) in [6.45, 7) is 4.16. The maximum Gasteiger partial charge on any atom is 0.354 e. The number of ether oxygens (including phenoxy) is 2. The van der Waals surface area contributed by atoms with Gasteiger partial charge in [-0.2, -0.15) is 0 Å². The van der Waals surface area contributed by atoms with Gasteiger partial charge in [-0.1, -0.05) is 32.0 Å². The van der Waals surface area contributed by atoms with Gasteiger partial charge in [0, 0.05) is 27.7 Å². The minimum atomic E-state index is -0.626. The number of para-hydroxylation sites is 1. The zero-order valence-corrected chi connectivity index (χ0v) is 16.1. The molecule has 6 heteroatoms. The lowest BCUT2D eigenvalue weighted by Gasteiger charge is -2.43.